The molecule has 0 saturated carbocycles. The average molecular weight is 1050 g/mol. The van der Waals surface area contributed by atoms with Crippen molar-refractivity contribution in [3.63, 3.8) is 0 Å². The van der Waals surface area contributed by atoms with Crippen LogP contribution in [-0.2, 0) is 44.6 Å². The van der Waals surface area contributed by atoms with Gasteiger partial charge in [-0.3, -0.25) is 29.4 Å². The molecule has 3 saturated heterocycles. The van der Waals surface area contributed by atoms with Crippen LogP contribution in [0.4, 0.5) is 9.93 Å². The number of aromatic nitrogens is 2. The van der Waals surface area contributed by atoms with Gasteiger partial charge in [-0.1, -0.05) is 12.1 Å². The molecule has 1 unspecified atom stereocenters. The highest BCUT2D eigenvalue weighted by Crippen LogP contribution is 2.46. The third-order valence-electron chi connectivity index (χ3n) is 13.2. The van der Waals surface area contributed by atoms with E-state index in [1.807, 2.05) is 6.07 Å². The molecule has 384 valence electrons. The standard InChI is InChI=1S/C45H57B2N8O14PS2/c1-8-31(41(60)66-46)68-52-34(28-21-72-43(49-28)51-44(62)65-45(2,3)4)38(58)50-35-39(59)54-36(42(61)67-47)23(20-71-40(35)54)19-55(5)25-10-11-26(55)14-24(13-25)48-37(57)29-16-30(56)33(69-70)18-53(29)17-22-9-12-27(63-6)15-32(22)64-7/h9,12,15-16,18,21,24-26,31,35,40H,8,10-11,13-14,17,19-20,46-47,70H2,1-7H3,(H2-,48,49,50,51,57,58,62)/p+1/b52-34-/t24-,25+,26-,31-,35+,40+,55+/m0/s1. The van der Waals surface area contributed by atoms with E-state index in [1.165, 1.54) is 57.5 Å². The molecule has 4 aliphatic heterocycles. The Labute approximate surface area is 428 Å². The molecule has 1 aromatic carbocycles. The summed E-state index contributed by atoms with van der Waals surface area (Å²) >= 11 is 2.36. The maximum absolute atomic E-state index is 14.1. The van der Waals surface area contributed by atoms with Gasteiger partial charge in [0.05, 0.1) is 55.6 Å². The second-order valence-electron chi connectivity index (χ2n) is 18.8. The zero-order valence-corrected chi connectivity index (χ0v) is 44.2. The number of carbonyl (C=O) groups excluding carboxylic acids is 6. The first kappa shape index (κ1) is 53.7. The number of ether oxygens (including phenoxy) is 3. The van der Waals surface area contributed by atoms with Crippen molar-refractivity contribution in [2.45, 2.75) is 108 Å². The normalized spacial score (nSPS) is 22.9. The number of likely N-dealkylation sites (N-methyl/N-ethyl adjacent to an activating group) is 1. The van der Waals surface area contributed by atoms with Crippen molar-refractivity contribution in [2.24, 2.45) is 5.16 Å². The van der Waals surface area contributed by atoms with E-state index < -0.39 is 64.3 Å². The summed E-state index contributed by atoms with van der Waals surface area (Å²) in [5.41, 5.74) is 0.0722. The minimum absolute atomic E-state index is 0.0263. The lowest BCUT2D eigenvalue weighted by Crippen LogP contribution is -2.71. The molecule has 3 aromatic rings. The summed E-state index contributed by atoms with van der Waals surface area (Å²) in [5.74, 6) is -1.72. The number of nitrogens with one attached hydrogen (secondary N) is 3. The molecular formula is C45H58B2N8O14PS2+. The van der Waals surface area contributed by atoms with Crippen molar-refractivity contribution in [1.82, 2.24) is 25.1 Å². The van der Waals surface area contributed by atoms with Crippen molar-refractivity contribution < 1.29 is 66.1 Å². The number of piperidine rings is 1. The van der Waals surface area contributed by atoms with Crippen LogP contribution in [0.5, 0.6) is 17.2 Å². The molecule has 4 amide bonds. The Morgan fingerprint density at radius 2 is 1.74 bits per heavy atom. The lowest BCUT2D eigenvalue weighted by atomic mass is 9.93. The number of methoxy groups -OCH3 is 2. The van der Waals surface area contributed by atoms with Crippen molar-refractivity contribution >= 4 is 95.3 Å². The molecule has 4 aliphatic rings. The van der Waals surface area contributed by atoms with Gasteiger partial charge < -0.3 is 52.6 Å². The molecule has 27 heteroatoms. The fourth-order valence-corrected chi connectivity index (χ4v) is 11.8. The van der Waals surface area contributed by atoms with E-state index in [0.717, 1.165) is 29.7 Å². The summed E-state index contributed by atoms with van der Waals surface area (Å²) < 4.78 is 33.8. The monoisotopic (exact) mass is 1050 g/mol. The van der Waals surface area contributed by atoms with Gasteiger partial charge in [0.1, 0.15) is 52.1 Å². The van der Waals surface area contributed by atoms with Crippen LogP contribution in [-0.4, -0.2) is 151 Å². The van der Waals surface area contributed by atoms with Gasteiger partial charge in [0.15, 0.2) is 16.6 Å². The first-order valence-electron chi connectivity index (χ1n) is 23.1. The number of quaternary nitrogens is 1. The molecule has 3 N–H and O–H groups in total. The number of fused-ring (bicyclic) bond motifs is 3. The number of nitrogens with zero attached hydrogens (tertiary/aromatic N) is 5. The van der Waals surface area contributed by atoms with Crippen LogP contribution >= 0.6 is 32.6 Å². The quantitative estimate of drug-likeness (QED) is 0.0410. The molecule has 22 nitrogen and oxygen atoms in total. The van der Waals surface area contributed by atoms with E-state index in [4.69, 9.17) is 32.9 Å². The predicted octanol–water partition coefficient (Wildman–Crippen LogP) is 1.79. The summed E-state index contributed by atoms with van der Waals surface area (Å²) in [6.45, 7) is 7.38. The summed E-state index contributed by atoms with van der Waals surface area (Å²) in [7, 11) is 9.73. The van der Waals surface area contributed by atoms with E-state index >= 15 is 0 Å². The van der Waals surface area contributed by atoms with Gasteiger partial charge in [0.25, 0.3) is 17.7 Å². The topological polar surface area (TPSA) is 254 Å². The smallest absolute Gasteiger partial charge is 0.413 e. The van der Waals surface area contributed by atoms with Gasteiger partial charge in [-0.15, -0.1) is 23.1 Å². The number of hydrogen-bond donors (Lipinski definition) is 3. The minimum atomic E-state index is -1.16. The molecule has 6 heterocycles. The average Bonchev–Trinajstić information content (AvgIpc) is 3.84. The maximum Gasteiger partial charge on any atom is 0.413 e. The van der Waals surface area contributed by atoms with Crippen LogP contribution in [0.25, 0.3) is 0 Å². The van der Waals surface area contributed by atoms with Crippen LogP contribution in [0.3, 0.4) is 0 Å². The Morgan fingerprint density at radius 1 is 1.01 bits per heavy atom. The number of oxime groups is 1. The highest BCUT2D eigenvalue weighted by molar-refractivity contribution is 8.00. The van der Waals surface area contributed by atoms with Crippen LogP contribution < -0.4 is 35.4 Å². The molecule has 0 aliphatic carbocycles. The van der Waals surface area contributed by atoms with Crippen molar-refractivity contribution in [1.29, 1.82) is 0 Å². The number of benzene rings is 1. The molecule has 72 heavy (non-hydrogen) atoms. The lowest BCUT2D eigenvalue weighted by Gasteiger charge is -2.52. The van der Waals surface area contributed by atoms with Gasteiger partial charge in [-0.25, -0.2) is 19.4 Å². The number of thioether (sulfide) groups is 1. The van der Waals surface area contributed by atoms with E-state index in [9.17, 15) is 33.6 Å². The van der Waals surface area contributed by atoms with E-state index in [1.54, 1.807) is 51.5 Å². The Balaban J connectivity index is 1.06. The number of hydrogen-bond acceptors (Lipinski definition) is 18. The zero-order chi connectivity index (χ0) is 52.2. The van der Waals surface area contributed by atoms with Crippen LogP contribution in [0, 0.1) is 0 Å². The molecule has 2 bridgehead atoms. The first-order valence-corrected chi connectivity index (χ1v) is 25.5. The van der Waals surface area contributed by atoms with Gasteiger partial charge in [0.2, 0.25) is 11.5 Å². The minimum Gasteiger partial charge on any atom is -0.541 e. The third-order valence-corrected chi connectivity index (χ3v) is 15.5. The van der Waals surface area contributed by atoms with E-state index in [-0.39, 0.29) is 64.8 Å². The molecule has 7 rings (SSSR count). The number of anilines is 1. The number of rotatable bonds is 18. The summed E-state index contributed by atoms with van der Waals surface area (Å²) in [5, 5.41) is 13.3. The Kier molecular flexibility index (Phi) is 16.7. The van der Waals surface area contributed by atoms with Crippen molar-refractivity contribution in [2.75, 3.05) is 38.9 Å². The van der Waals surface area contributed by atoms with Gasteiger partial charge in [-0.05, 0) is 39.3 Å². The summed E-state index contributed by atoms with van der Waals surface area (Å²) in [6, 6.07) is 5.46. The third kappa shape index (κ3) is 11.4. The fraction of sp³-hybridized carbons (Fsp3) is 0.489. The molecule has 0 spiro atoms. The largest absolute Gasteiger partial charge is 0.541 e. The van der Waals surface area contributed by atoms with E-state index in [0.29, 0.717) is 46.7 Å². The molecule has 8 atom stereocenters. The van der Waals surface area contributed by atoms with Crippen LogP contribution in [0.1, 0.15) is 81.5 Å². The fourth-order valence-electron chi connectivity index (χ4n) is 9.59. The molecule has 2 aromatic heterocycles. The zero-order valence-electron chi connectivity index (χ0n) is 41.4. The second-order valence-corrected chi connectivity index (χ2v) is 21.0. The highest BCUT2D eigenvalue weighted by Gasteiger charge is 2.57. The number of β-lactam (4-membered cyclic amide) rings is 1. The van der Waals surface area contributed by atoms with Gasteiger partial charge in [0, 0.05) is 66.1 Å². The second kappa shape index (κ2) is 22.3. The number of carbonyl (C=O) groups is 6. The SMILES string of the molecule is BOC(=O)C1=C(C[N@+]2(C)[C@@H]3CC[C@H]2C[C@@H](NC(=O)c2cc(=O)c(OP)cn2Cc2ccc(OC)cc2OC)C3)CS[C@@H]2[C@H](NC(=O)/C(=N\O[C@@H](CC)C(=O)OB)c3csc(NC(=O)OC(C)(C)C)n3)C(=O)N12. The number of thiazole rings is 1. The molecule has 3 fully saturated rings. The van der Waals surface area contributed by atoms with Crippen molar-refractivity contribution in [3.8, 4) is 17.2 Å². The number of pyridine rings is 1. The summed E-state index contributed by atoms with van der Waals surface area (Å²) in [6.07, 6.45) is 2.69. The first-order chi connectivity index (χ1) is 34.2. The Hall–Kier alpha value is -6.10. The van der Waals surface area contributed by atoms with Gasteiger partial charge in [-0.2, -0.15) is 0 Å². The maximum atomic E-state index is 14.1. The van der Waals surface area contributed by atoms with Crippen LogP contribution in [0.2, 0.25) is 0 Å². The summed E-state index contributed by atoms with van der Waals surface area (Å²) in [4.78, 5) is 105. The number of amides is 4. The highest BCUT2D eigenvalue weighted by atomic mass is 32.2. The lowest BCUT2D eigenvalue weighted by molar-refractivity contribution is -0.944. The van der Waals surface area contributed by atoms with Crippen LogP contribution in [0.15, 0.2) is 57.1 Å². The molecular weight excluding hydrogens is 993 g/mol. The Bertz CT molecular complexity index is 2740. The Morgan fingerprint density at radius 3 is 2.36 bits per heavy atom. The predicted molar refractivity (Wildman–Crippen MR) is 273 cm³/mol. The molecule has 0 radical (unpaired) electrons. The van der Waals surface area contributed by atoms with Crippen molar-refractivity contribution in [3.05, 3.63) is 74.3 Å². The van der Waals surface area contributed by atoms with E-state index in [2.05, 4.69) is 42.6 Å². The van der Waals surface area contributed by atoms with Gasteiger partial charge >= 0.3 is 34.1 Å².